The zero-order chi connectivity index (χ0) is 12.4. The third kappa shape index (κ3) is 2.74. The van der Waals surface area contributed by atoms with Gasteiger partial charge in [0.15, 0.2) is 0 Å². The molecule has 0 spiro atoms. The Hall–Kier alpha value is -0.900. The van der Waals surface area contributed by atoms with Gasteiger partial charge in [0.2, 0.25) is 0 Å². The summed E-state index contributed by atoms with van der Waals surface area (Å²) < 4.78 is 5.99. The van der Waals surface area contributed by atoms with Crippen molar-refractivity contribution in [3.63, 3.8) is 0 Å². The number of hydrogen-bond acceptors (Lipinski definition) is 3. The van der Waals surface area contributed by atoms with E-state index >= 15 is 0 Å². The van der Waals surface area contributed by atoms with Gasteiger partial charge < -0.3 is 10.1 Å². The van der Waals surface area contributed by atoms with Gasteiger partial charge in [-0.05, 0) is 25.5 Å². The van der Waals surface area contributed by atoms with Crippen LogP contribution in [0.4, 0.5) is 0 Å². The minimum absolute atomic E-state index is 0.270. The fourth-order valence-electron chi connectivity index (χ4n) is 2.72. The minimum Gasteiger partial charge on any atom is -0.374 e. The molecule has 1 N–H and O–H groups in total. The van der Waals surface area contributed by atoms with Crippen molar-refractivity contribution in [1.29, 1.82) is 0 Å². The first-order chi connectivity index (χ1) is 8.84. The third-order valence-electron chi connectivity index (χ3n) is 3.93. The van der Waals surface area contributed by atoms with E-state index in [0.29, 0.717) is 6.04 Å². The van der Waals surface area contributed by atoms with E-state index in [1.807, 2.05) is 0 Å². The van der Waals surface area contributed by atoms with Crippen LogP contribution in [0.2, 0.25) is 0 Å². The van der Waals surface area contributed by atoms with Gasteiger partial charge in [-0.1, -0.05) is 30.3 Å². The van der Waals surface area contributed by atoms with Gasteiger partial charge in [-0.15, -0.1) is 0 Å². The molecule has 3 heteroatoms. The summed E-state index contributed by atoms with van der Waals surface area (Å²) in [4.78, 5) is 2.41. The summed E-state index contributed by atoms with van der Waals surface area (Å²) in [7, 11) is 2.20. The summed E-state index contributed by atoms with van der Waals surface area (Å²) >= 11 is 0. The molecule has 1 aromatic carbocycles. The van der Waals surface area contributed by atoms with E-state index < -0.39 is 0 Å². The highest BCUT2D eigenvalue weighted by molar-refractivity contribution is 5.21. The number of nitrogens with one attached hydrogen (secondary N) is 1. The van der Waals surface area contributed by atoms with Crippen molar-refractivity contribution in [2.75, 3.05) is 26.7 Å². The van der Waals surface area contributed by atoms with Gasteiger partial charge in [0.1, 0.15) is 0 Å². The Morgan fingerprint density at radius 1 is 1.28 bits per heavy atom. The molecule has 1 saturated heterocycles. The molecule has 0 amide bonds. The summed E-state index contributed by atoms with van der Waals surface area (Å²) in [6, 6.07) is 11.8. The molecule has 1 aliphatic carbocycles. The molecule has 1 aromatic rings. The summed E-state index contributed by atoms with van der Waals surface area (Å²) in [5.41, 5.74) is 1.36. The first-order valence-corrected chi connectivity index (χ1v) is 6.95. The van der Waals surface area contributed by atoms with Crippen LogP contribution in [0.3, 0.4) is 0 Å². The molecule has 3 rings (SSSR count). The molecule has 98 valence electrons. The highest BCUT2D eigenvalue weighted by atomic mass is 16.5. The smallest absolute Gasteiger partial charge is 0.0896 e. The fourth-order valence-corrected chi connectivity index (χ4v) is 2.72. The van der Waals surface area contributed by atoms with Crippen molar-refractivity contribution < 1.29 is 4.74 Å². The van der Waals surface area contributed by atoms with Crippen molar-refractivity contribution in [2.45, 2.75) is 31.0 Å². The van der Waals surface area contributed by atoms with Crippen molar-refractivity contribution in [1.82, 2.24) is 10.2 Å². The van der Waals surface area contributed by atoms with Crippen LogP contribution in [-0.2, 0) is 4.74 Å². The quantitative estimate of drug-likeness (QED) is 0.877. The molecule has 18 heavy (non-hydrogen) atoms. The molecule has 0 bridgehead atoms. The molecule has 1 saturated carbocycles. The Labute approximate surface area is 109 Å². The molecule has 1 aliphatic heterocycles. The van der Waals surface area contributed by atoms with Gasteiger partial charge in [0.25, 0.3) is 0 Å². The van der Waals surface area contributed by atoms with E-state index in [1.165, 1.54) is 18.4 Å². The number of rotatable bonds is 4. The number of likely N-dealkylation sites (N-methyl/N-ethyl adjacent to an activating group) is 1. The molecule has 2 unspecified atom stereocenters. The predicted octanol–water partition coefficient (Wildman–Crippen LogP) is 1.81. The van der Waals surface area contributed by atoms with Crippen molar-refractivity contribution in [2.24, 2.45) is 0 Å². The number of hydrogen-bond donors (Lipinski definition) is 1. The van der Waals surface area contributed by atoms with Crippen LogP contribution in [0.25, 0.3) is 0 Å². The zero-order valence-electron chi connectivity index (χ0n) is 11.0. The molecule has 0 aromatic heterocycles. The first-order valence-electron chi connectivity index (χ1n) is 6.95. The molecule has 0 radical (unpaired) electrons. The molecule has 3 nitrogen and oxygen atoms in total. The van der Waals surface area contributed by atoms with E-state index in [4.69, 9.17) is 4.74 Å². The molecule has 2 fully saturated rings. The van der Waals surface area contributed by atoms with Gasteiger partial charge in [-0.3, -0.25) is 4.90 Å². The maximum absolute atomic E-state index is 5.99. The number of morpholine rings is 1. The van der Waals surface area contributed by atoms with Crippen LogP contribution in [0.1, 0.15) is 24.4 Å². The van der Waals surface area contributed by atoms with Gasteiger partial charge in [-0.25, -0.2) is 0 Å². The van der Waals surface area contributed by atoms with Gasteiger partial charge in [0, 0.05) is 19.1 Å². The lowest BCUT2D eigenvalue weighted by atomic mass is 9.98. The lowest BCUT2D eigenvalue weighted by molar-refractivity contribution is -0.0615. The third-order valence-corrected chi connectivity index (χ3v) is 3.93. The van der Waals surface area contributed by atoms with Crippen LogP contribution < -0.4 is 5.32 Å². The molecular formula is C15H22N2O. The highest BCUT2D eigenvalue weighted by Crippen LogP contribution is 2.28. The molecule has 2 aliphatic rings. The van der Waals surface area contributed by atoms with Crippen LogP contribution in [0.15, 0.2) is 30.3 Å². The molecular weight excluding hydrogens is 224 g/mol. The Balaban J connectivity index is 1.72. The second-order valence-corrected chi connectivity index (χ2v) is 5.43. The zero-order valence-corrected chi connectivity index (χ0v) is 11.0. The van der Waals surface area contributed by atoms with Crippen LogP contribution >= 0.6 is 0 Å². The highest BCUT2D eigenvalue weighted by Gasteiger charge is 2.32. The van der Waals surface area contributed by atoms with Crippen LogP contribution in [-0.4, -0.2) is 43.8 Å². The van der Waals surface area contributed by atoms with Crippen molar-refractivity contribution >= 4 is 0 Å². The summed E-state index contributed by atoms with van der Waals surface area (Å²) in [5.74, 6) is 0. The normalized spacial score (nSPS) is 29.4. The van der Waals surface area contributed by atoms with E-state index in [1.54, 1.807) is 0 Å². The number of ether oxygens (including phenoxy) is 1. The topological polar surface area (TPSA) is 24.5 Å². The van der Waals surface area contributed by atoms with Crippen LogP contribution in [0.5, 0.6) is 0 Å². The fraction of sp³-hybridized carbons (Fsp3) is 0.600. The average molecular weight is 246 g/mol. The largest absolute Gasteiger partial charge is 0.374 e. The maximum Gasteiger partial charge on any atom is 0.0896 e. The van der Waals surface area contributed by atoms with Crippen molar-refractivity contribution in [3.8, 4) is 0 Å². The van der Waals surface area contributed by atoms with Gasteiger partial charge in [-0.2, -0.15) is 0 Å². The van der Waals surface area contributed by atoms with Gasteiger partial charge in [0.05, 0.1) is 18.8 Å². The van der Waals surface area contributed by atoms with E-state index in [-0.39, 0.29) is 6.10 Å². The maximum atomic E-state index is 5.99. The van der Waals surface area contributed by atoms with Gasteiger partial charge >= 0.3 is 0 Å². The Morgan fingerprint density at radius 3 is 2.78 bits per heavy atom. The SMILES string of the molecule is CN1CCOC(CNC2CC2)C1c1ccccc1. The Kier molecular flexibility index (Phi) is 3.64. The summed E-state index contributed by atoms with van der Waals surface area (Å²) in [5, 5.41) is 3.59. The monoisotopic (exact) mass is 246 g/mol. The standard InChI is InChI=1S/C15H22N2O/c1-17-9-10-18-14(11-16-13-7-8-13)15(17)12-5-3-2-4-6-12/h2-6,13-16H,7-11H2,1H3. The van der Waals surface area contributed by atoms with Crippen molar-refractivity contribution in [3.05, 3.63) is 35.9 Å². The predicted molar refractivity (Wildman–Crippen MR) is 72.6 cm³/mol. The molecule has 2 atom stereocenters. The lowest BCUT2D eigenvalue weighted by Gasteiger charge is -2.39. The second kappa shape index (κ2) is 5.39. The van der Waals surface area contributed by atoms with E-state index in [0.717, 1.165) is 25.7 Å². The average Bonchev–Trinajstić information content (AvgIpc) is 3.21. The van der Waals surface area contributed by atoms with Crippen LogP contribution in [0, 0.1) is 0 Å². The first kappa shape index (κ1) is 12.2. The minimum atomic E-state index is 0.270. The summed E-state index contributed by atoms with van der Waals surface area (Å²) in [6.45, 7) is 2.82. The summed E-state index contributed by atoms with van der Waals surface area (Å²) in [6.07, 6.45) is 2.93. The molecule has 1 heterocycles. The lowest BCUT2D eigenvalue weighted by Crippen LogP contribution is -2.47. The second-order valence-electron chi connectivity index (χ2n) is 5.43. The van der Waals surface area contributed by atoms with E-state index in [9.17, 15) is 0 Å². The number of benzene rings is 1. The number of nitrogens with zero attached hydrogens (tertiary/aromatic N) is 1. The Bertz CT molecular complexity index is 377. The Morgan fingerprint density at radius 2 is 2.06 bits per heavy atom. The van der Waals surface area contributed by atoms with E-state index in [2.05, 4.69) is 47.6 Å².